The fraction of sp³-hybridized carbons (Fsp3) is 0.214. The number of nitrogens with zero attached hydrogens (tertiary/aromatic N) is 1. The molecule has 1 heterocycles. The first-order valence-corrected chi connectivity index (χ1v) is 5.72. The minimum Gasteiger partial charge on any atom is -0.497 e. The third-order valence-electron chi connectivity index (χ3n) is 2.61. The lowest BCUT2D eigenvalue weighted by molar-refractivity contribution is 0.300. The van der Waals surface area contributed by atoms with Gasteiger partial charge >= 0.3 is 0 Å². The molecule has 0 atom stereocenters. The maximum Gasteiger partial charge on any atom is 0.127 e. The van der Waals surface area contributed by atoms with E-state index in [1.54, 1.807) is 19.5 Å². The zero-order valence-corrected chi connectivity index (χ0v) is 10.3. The molecule has 0 saturated carbocycles. The van der Waals surface area contributed by atoms with E-state index < -0.39 is 0 Å². The molecule has 1 aromatic heterocycles. The van der Waals surface area contributed by atoms with Crippen molar-refractivity contribution >= 4 is 0 Å². The van der Waals surface area contributed by atoms with Crippen molar-refractivity contribution in [3.63, 3.8) is 0 Å². The van der Waals surface area contributed by atoms with Gasteiger partial charge in [0.2, 0.25) is 0 Å². The Morgan fingerprint density at radius 2 is 2.17 bits per heavy atom. The molecule has 2 N–H and O–H groups in total. The van der Waals surface area contributed by atoms with Crippen LogP contribution in [0.15, 0.2) is 42.7 Å². The van der Waals surface area contributed by atoms with Crippen LogP contribution >= 0.6 is 0 Å². The third kappa shape index (κ3) is 2.99. The first kappa shape index (κ1) is 12.4. The highest BCUT2D eigenvalue weighted by Crippen LogP contribution is 2.25. The highest BCUT2D eigenvalue weighted by atomic mass is 16.5. The Balaban J connectivity index is 2.12. The van der Waals surface area contributed by atoms with Crippen molar-refractivity contribution in [2.75, 3.05) is 7.11 Å². The van der Waals surface area contributed by atoms with Gasteiger partial charge < -0.3 is 15.2 Å². The molecule has 18 heavy (non-hydrogen) atoms. The van der Waals surface area contributed by atoms with Crippen molar-refractivity contribution in [3.05, 3.63) is 53.9 Å². The van der Waals surface area contributed by atoms with Crippen LogP contribution < -0.4 is 15.2 Å². The Labute approximate surface area is 106 Å². The highest BCUT2D eigenvalue weighted by Gasteiger charge is 2.05. The van der Waals surface area contributed by atoms with E-state index in [1.807, 2.05) is 30.3 Å². The number of rotatable bonds is 5. The van der Waals surface area contributed by atoms with Gasteiger partial charge in [-0.25, -0.2) is 0 Å². The van der Waals surface area contributed by atoms with Crippen LogP contribution in [0.1, 0.15) is 11.1 Å². The number of hydrogen-bond acceptors (Lipinski definition) is 4. The van der Waals surface area contributed by atoms with E-state index in [0.29, 0.717) is 13.2 Å². The van der Waals surface area contributed by atoms with Crippen LogP contribution in [0.5, 0.6) is 11.5 Å². The van der Waals surface area contributed by atoms with Gasteiger partial charge in [-0.05, 0) is 12.1 Å². The van der Waals surface area contributed by atoms with Gasteiger partial charge in [-0.15, -0.1) is 0 Å². The summed E-state index contributed by atoms with van der Waals surface area (Å²) in [5.74, 6) is 1.51. The van der Waals surface area contributed by atoms with Crippen molar-refractivity contribution in [3.8, 4) is 11.5 Å². The fourth-order valence-corrected chi connectivity index (χ4v) is 1.61. The van der Waals surface area contributed by atoms with Gasteiger partial charge in [-0.3, -0.25) is 4.98 Å². The van der Waals surface area contributed by atoms with E-state index in [-0.39, 0.29) is 0 Å². The molecular weight excluding hydrogens is 228 g/mol. The summed E-state index contributed by atoms with van der Waals surface area (Å²) in [5, 5.41) is 0. The summed E-state index contributed by atoms with van der Waals surface area (Å²) >= 11 is 0. The molecule has 4 heteroatoms. The molecule has 0 aliphatic carbocycles. The second-order valence-corrected chi connectivity index (χ2v) is 3.83. The van der Waals surface area contributed by atoms with Crippen LogP contribution in [0.2, 0.25) is 0 Å². The van der Waals surface area contributed by atoms with Crippen molar-refractivity contribution < 1.29 is 9.47 Å². The summed E-state index contributed by atoms with van der Waals surface area (Å²) in [4.78, 5) is 4.04. The quantitative estimate of drug-likeness (QED) is 0.875. The third-order valence-corrected chi connectivity index (χ3v) is 2.61. The SMILES string of the molecule is COc1ccc(CN)c(OCc2cccnc2)c1. The maximum atomic E-state index is 5.76. The average molecular weight is 244 g/mol. The normalized spacial score (nSPS) is 10.1. The maximum absolute atomic E-state index is 5.76. The predicted molar refractivity (Wildman–Crippen MR) is 69.5 cm³/mol. The average Bonchev–Trinajstić information content (AvgIpc) is 2.45. The first-order chi connectivity index (χ1) is 8.83. The van der Waals surface area contributed by atoms with E-state index in [2.05, 4.69) is 4.98 Å². The number of pyridine rings is 1. The Kier molecular flexibility index (Phi) is 4.15. The van der Waals surface area contributed by atoms with E-state index >= 15 is 0 Å². The Hall–Kier alpha value is -2.07. The number of nitrogens with two attached hydrogens (primary N) is 1. The molecule has 94 valence electrons. The predicted octanol–water partition coefficient (Wildman–Crippen LogP) is 2.13. The minimum absolute atomic E-state index is 0.437. The van der Waals surface area contributed by atoms with Crippen LogP contribution in [0, 0.1) is 0 Å². The molecular formula is C14H16N2O2. The van der Waals surface area contributed by atoms with Crippen molar-refractivity contribution in [2.24, 2.45) is 5.73 Å². The summed E-state index contributed by atoms with van der Waals surface area (Å²) in [5.41, 5.74) is 7.65. The smallest absolute Gasteiger partial charge is 0.127 e. The van der Waals surface area contributed by atoms with Gasteiger partial charge in [-0.2, -0.15) is 0 Å². The molecule has 0 fully saturated rings. The van der Waals surface area contributed by atoms with Crippen molar-refractivity contribution in [1.29, 1.82) is 0 Å². The van der Waals surface area contributed by atoms with Gasteiger partial charge in [-0.1, -0.05) is 12.1 Å². The van der Waals surface area contributed by atoms with Gasteiger partial charge in [0.05, 0.1) is 7.11 Å². The summed E-state index contributed by atoms with van der Waals surface area (Å²) in [6.07, 6.45) is 3.52. The van der Waals surface area contributed by atoms with Crippen LogP contribution in [0.3, 0.4) is 0 Å². The molecule has 0 bridgehead atoms. The molecule has 0 aliphatic rings. The molecule has 0 spiro atoms. The summed E-state index contributed by atoms with van der Waals surface area (Å²) < 4.78 is 10.9. The lowest BCUT2D eigenvalue weighted by atomic mass is 10.2. The molecule has 2 aromatic rings. The highest BCUT2D eigenvalue weighted by molar-refractivity contribution is 5.40. The largest absolute Gasteiger partial charge is 0.497 e. The van der Waals surface area contributed by atoms with Crippen molar-refractivity contribution in [1.82, 2.24) is 4.98 Å². The molecule has 4 nitrogen and oxygen atoms in total. The number of methoxy groups -OCH3 is 1. The molecule has 1 aromatic carbocycles. The second-order valence-electron chi connectivity index (χ2n) is 3.83. The molecule has 0 saturated heterocycles. The van der Waals surface area contributed by atoms with Crippen LogP contribution in [-0.4, -0.2) is 12.1 Å². The van der Waals surface area contributed by atoms with Gasteiger partial charge in [0.25, 0.3) is 0 Å². The number of aromatic nitrogens is 1. The lowest BCUT2D eigenvalue weighted by Gasteiger charge is -2.11. The van der Waals surface area contributed by atoms with Crippen LogP contribution in [-0.2, 0) is 13.2 Å². The fourth-order valence-electron chi connectivity index (χ4n) is 1.61. The minimum atomic E-state index is 0.437. The van der Waals surface area contributed by atoms with Crippen LogP contribution in [0.25, 0.3) is 0 Å². The standard InChI is InChI=1S/C14H16N2O2/c1-17-13-5-4-12(8-15)14(7-13)18-10-11-3-2-6-16-9-11/h2-7,9H,8,10,15H2,1H3. The molecule has 0 amide bonds. The topological polar surface area (TPSA) is 57.4 Å². The van der Waals surface area contributed by atoms with Crippen LogP contribution in [0.4, 0.5) is 0 Å². The van der Waals surface area contributed by atoms with Gasteiger partial charge in [0.15, 0.2) is 0 Å². The molecule has 0 aliphatic heterocycles. The van der Waals surface area contributed by atoms with E-state index in [4.69, 9.17) is 15.2 Å². The first-order valence-electron chi connectivity index (χ1n) is 5.72. The Morgan fingerprint density at radius 3 is 2.83 bits per heavy atom. The Bertz CT molecular complexity index is 500. The molecule has 0 unspecified atom stereocenters. The summed E-state index contributed by atoms with van der Waals surface area (Å²) in [6, 6.07) is 9.48. The monoisotopic (exact) mass is 244 g/mol. The van der Waals surface area contributed by atoms with E-state index in [1.165, 1.54) is 0 Å². The Morgan fingerprint density at radius 1 is 1.28 bits per heavy atom. The lowest BCUT2D eigenvalue weighted by Crippen LogP contribution is -2.03. The van der Waals surface area contributed by atoms with E-state index in [9.17, 15) is 0 Å². The molecule has 0 radical (unpaired) electrons. The zero-order valence-electron chi connectivity index (χ0n) is 10.3. The number of ether oxygens (including phenoxy) is 2. The summed E-state index contributed by atoms with van der Waals surface area (Å²) in [7, 11) is 1.63. The molecule has 2 rings (SSSR count). The second kappa shape index (κ2) is 6.02. The summed E-state index contributed by atoms with van der Waals surface area (Å²) in [6.45, 7) is 0.903. The zero-order chi connectivity index (χ0) is 12.8. The van der Waals surface area contributed by atoms with Gasteiger partial charge in [0.1, 0.15) is 18.1 Å². The number of benzene rings is 1. The van der Waals surface area contributed by atoms with Crippen molar-refractivity contribution in [2.45, 2.75) is 13.2 Å². The van der Waals surface area contributed by atoms with E-state index in [0.717, 1.165) is 22.6 Å². The van der Waals surface area contributed by atoms with Gasteiger partial charge in [0, 0.05) is 36.1 Å². The number of hydrogen-bond donors (Lipinski definition) is 1.